The third-order valence-electron chi connectivity index (χ3n) is 1.19. The third-order valence-corrected chi connectivity index (χ3v) is 1.19. The lowest BCUT2D eigenvalue weighted by molar-refractivity contribution is 1.47. The Hall–Kier alpha value is -1.02. The minimum Gasteiger partial charge on any atom is -0.399 e. The number of nitrogen functional groups attached to an aromatic ring is 1. The van der Waals surface area contributed by atoms with Gasteiger partial charge >= 0.3 is 0 Å². The van der Waals surface area contributed by atoms with Gasteiger partial charge in [0.05, 0.1) is 0 Å². The molecule has 0 saturated carbocycles. The zero-order chi connectivity index (χ0) is 7.98. The standard InChI is InChI=1S/C7H9N.CH5N.H2/c1-6-4-2-3-5-7(6)8;1-2;/h2-5H,8H2,1H3;2H2,1H3;1H. The van der Waals surface area contributed by atoms with Gasteiger partial charge < -0.3 is 11.5 Å². The van der Waals surface area contributed by atoms with Crippen LogP contribution >= 0.6 is 0 Å². The fourth-order valence-corrected chi connectivity index (χ4v) is 0.587. The summed E-state index contributed by atoms with van der Waals surface area (Å²) in [5.41, 5.74) is 12.0. The quantitative estimate of drug-likeness (QED) is 0.535. The van der Waals surface area contributed by atoms with E-state index in [0.717, 1.165) is 11.3 Å². The Balaban J connectivity index is 0. The molecule has 0 saturated heterocycles. The van der Waals surface area contributed by atoms with Gasteiger partial charge in [-0.2, -0.15) is 0 Å². The van der Waals surface area contributed by atoms with Crippen LogP contribution in [0.1, 0.15) is 6.99 Å². The number of rotatable bonds is 0. The molecule has 4 N–H and O–H groups in total. The van der Waals surface area contributed by atoms with Crippen LogP contribution in [-0.2, 0) is 0 Å². The number of anilines is 1. The van der Waals surface area contributed by atoms with E-state index in [-0.39, 0.29) is 1.43 Å². The molecule has 0 aromatic heterocycles. The SMILES string of the molecule is CN.Cc1ccccc1N.[HH]. The molecule has 0 radical (unpaired) electrons. The average molecular weight is 140 g/mol. The number of hydrogen-bond donors (Lipinski definition) is 2. The second-order valence-corrected chi connectivity index (χ2v) is 1.86. The van der Waals surface area contributed by atoms with E-state index in [1.165, 1.54) is 7.05 Å². The molecule has 2 heteroatoms. The molecule has 0 aliphatic rings. The predicted octanol–water partition coefficient (Wildman–Crippen LogP) is 1.40. The van der Waals surface area contributed by atoms with Gasteiger partial charge in [0.1, 0.15) is 0 Å². The van der Waals surface area contributed by atoms with Gasteiger partial charge in [0.15, 0.2) is 0 Å². The van der Waals surface area contributed by atoms with E-state index < -0.39 is 0 Å². The largest absolute Gasteiger partial charge is 0.399 e. The van der Waals surface area contributed by atoms with Crippen molar-refractivity contribution in [1.29, 1.82) is 0 Å². The van der Waals surface area contributed by atoms with Crippen LogP contribution in [0.5, 0.6) is 0 Å². The first-order chi connectivity index (χ1) is 4.80. The highest BCUT2D eigenvalue weighted by Gasteiger charge is 1.84. The van der Waals surface area contributed by atoms with Crippen LogP contribution in [0.3, 0.4) is 0 Å². The lowest BCUT2D eigenvalue weighted by atomic mass is 10.2. The van der Waals surface area contributed by atoms with E-state index in [9.17, 15) is 0 Å². The van der Waals surface area contributed by atoms with Crippen LogP contribution in [0, 0.1) is 6.92 Å². The summed E-state index contributed by atoms with van der Waals surface area (Å²) in [6, 6.07) is 7.80. The summed E-state index contributed by atoms with van der Waals surface area (Å²) in [5.74, 6) is 0. The molecule has 0 aliphatic heterocycles. The van der Waals surface area contributed by atoms with Gasteiger partial charge in [-0.25, -0.2) is 0 Å². The van der Waals surface area contributed by atoms with Gasteiger partial charge in [0.2, 0.25) is 0 Å². The van der Waals surface area contributed by atoms with Crippen LogP contribution in [0.15, 0.2) is 24.3 Å². The van der Waals surface area contributed by atoms with Crippen molar-refractivity contribution in [2.75, 3.05) is 12.8 Å². The van der Waals surface area contributed by atoms with Gasteiger partial charge in [-0.05, 0) is 25.6 Å². The van der Waals surface area contributed by atoms with Gasteiger partial charge in [0, 0.05) is 7.11 Å². The zero-order valence-corrected chi connectivity index (χ0v) is 6.46. The van der Waals surface area contributed by atoms with Crippen LogP contribution in [0.25, 0.3) is 0 Å². The minimum absolute atomic E-state index is 0. The maximum absolute atomic E-state index is 5.52. The van der Waals surface area contributed by atoms with Crippen LogP contribution in [-0.4, -0.2) is 7.05 Å². The first-order valence-electron chi connectivity index (χ1n) is 3.19. The maximum Gasteiger partial charge on any atom is 0.0343 e. The van der Waals surface area contributed by atoms with Crippen molar-refractivity contribution in [1.82, 2.24) is 0 Å². The van der Waals surface area contributed by atoms with Gasteiger partial charge in [-0.15, -0.1) is 0 Å². The maximum atomic E-state index is 5.52. The lowest BCUT2D eigenvalue weighted by Gasteiger charge is -1.93. The number of nitrogens with two attached hydrogens (primary N) is 2. The average Bonchev–Trinajstić information content (AvgIpc) is 2.00. The molecule has 1 aromatic carbocycles. The molecule has 2 nitrogen and oxygen atoms in total. The van der Waals surface area contributed by atoms with Crippen molar-refractivity contribution in [3.63, 3.8) is 0 Å². The molecule has 0 fully saturated rings. The van der Waals surface area contributed by atoms with Crippen LogP contribution < -0.4 is 11.5 Å². The molecule has 0 unspecified atom stereocenters. The molecule has 0 bridgehead atoms. The zero-order valence-electron chi connectivity index (χ0n) is 6.46. The molecule has 0 atom stereocenters. The number of aryl methyl sites for hydroxylation is 1. The summed E-state index contributed by atoms with van der Waals surface area (Å²) in [7, 11) is 1.50. The van der Waals surface area contributed by atoms with Crippen molar-refractivity contribution in [2.45, 2.75) is 6.92 Å². The Morgan fingerprint density at radius 3 is 2.00 bits per heavy atom. The summed E-state index contributed by atoms with van der Waals surface area (Å²) in [5, 5.41) is 0. The van der Waals surface area contributed by atoms with E-state index in [1.807, 2.05) is 31.2 Å². The fraction of sp³-hybridized carbons (Fsp3) is 0.250. The molecule has 10 heavy (non-hydrogen) atoms. The summed E-state index contributed by atoms with van der Waals surface area (Å²) in [6.07, 6.45) is 0. The normalized spacial score (nSPS) is 7.90. The summed E-state index contributed by atoms with van der Waals surface area (Å²) >= 11 is 0. The Morgan fingerprint density at radius 1 is 1.20 bits per heavy atom. The van der Waals surface area contributed by atoms with Gasteiger partial charge in [0.25, 0.3) is 0 Å². The Kier molecular flexibility index (Phi) is 4.33. The third kappa shape index (κ3) is 2.51. The summed E-state index contributed by atoms with van der Waals surface area (Å²) in [6.45, 7) is 2.00. The van der Waals surface area contributed by atoms with Gasteiger partial charge in [-0.1, -0.05) is 18.2 Å². The molecule has 0 aliphatic carbocycles. The summed E-state index contributed by atoms with van der Waals surface area (Å²) in [4.78, 5) is 0. The second kappa shape index (κ2) is 4.82. The fourth-order valence-electron chi connectivity index (χ4n) is 0.587. The highest BCUT2D eigenvalue weighted by atomic mass is 14.5. The Bertz CT molecular complexity index is 168. The molecule has 1 aromatic rings. The van der Waals surface area contributed by atoms with Crippen molar-refractivity contribution >= 4 is 5.69 Å². The number of benzene rings is 1. The number of hydrogen-bond acceptors (Lipinski definition) is 2. The number of para-hydroxylation sites is 1. The van der Waals surface area contributed by atoms with Crippen molar-refractivity contribution in [3.05, 3.63) is 29.8 Å². The monoisotopic (exact) mass is 140 g/mol. The Morgan fingerprint density at radius 2 is 1.70 bits per heavy atom. The van der Waals surface area contributed by atoms with E-state index in [4.69, 9.17) is 5.73 Å². The first-order valence-corrected chi connectivity index (χ1v) is 3.19. The molecule has 0 amide bonds. The molecular weight excluding hydrogens is 124 g/mol. The van der Waals surface area contributed by atoms with E-state index in [0.29, 0.717) is 0 Å². The highest BCUT2D eigenvalue weighted by molar-refractivity contribution is 5.44. The smallest absolute Gasteiger partial charge is 0.0343 e. The first kappa shape index (κ1) is 8.98. The minimum atomic E-state index is 0. The Labute approximate surface area is 63.3 Å². The highest BCUT2D eigenvalue weighted by Crippen LogP contribution is 2.06. The second-order valence-electron chi connectivity index (χ2n) is 1.86. The van der Waals surface area contributed by atoms with E-state index >= 15 is 0 Å². The van der Waals surface area contributed by atoms with Gasteiger partial charge in [-0.3, -0.25) is 0 Å². The molecule has 1 rings (SSSR count). The van der Waals surface area contributed by atoms with E-state index in [1.54, 1.807) is 0 Å². The predicted molar refractivity (Wildman–Crippen MR) is 47.8 cm³/mol. The van der Waals surface area contributed by atoms with Crippen molar-refractivity contribution in [3.8, 4) is 0 Å². The molecule has 58 valence electrons. The molecule has 0 spiro atoms. The molecule has 0 heterocycles. The van der Waals surface area contributed by atoms with Crippen LogP contribution in [0.4, 0.5) is 5.69 Å². The van der Waals surface area contributed by atoms with Crippen molar-refractivity contribution in [2.24, 2.45) is 5.73 Å². The molecular formula is C8H16N2. The van der Waals surface area contributed by atoms with Crippen molar-refractivity contribution < 1.29 is 1.43 Å². The lowest BCUT2D eigenvalue weighted by Crippen LogP contribution is -1.85. The topological polar surface area (TPSA) is 52.0 Å². The van der Waals surface area contributed by atoms with E-state index in [2.05, 4.69) is 5.73 Å². The van der Waals surface area contributed by atoms with Crippen LogP contribution in [0.2, 0.25) is 0 Å². The summed E-state index contributed by atoms with van der Waals surface area (Å²) < 4.78 is 0.